The molecular formula is C20H29ClF2N2O2. The number of ether oxygens (including phenoxy) is 1. The van der Waals surface area contributed by atoms with Gasteiger partial charge in [0, 0.05) is 25.7 Å². The highest BCUT2D eigenvalue weighted by atomic mass is 35.5. The van der Waals surface area contributed by atoms with Gasteiger partial charge in [-0.25, -0.2) is 8.78 Å². The first-order valence-corrected chi connectivity index (χ1v) is 9.44. The van der Waals surface area contributed by atoms with E-state index >= 15 is 0 Å². The molecule has 1 atom stereocenters. The van der Waals surface area contributed by atoms with Crippen molar-refractivity contribution in [3.63, 3.8) is 0 Å². The Bertz CT molecular complexity index is 663. The van der Waals surface area contributed by atoms with E-state index in [0.717, 1.165) is 32.0 Å². The summed E-state index contributed by atoms with van der Waals surface area (Å²) in [6.07, 6.45) is 1.78. The number of morpholine rings is 1. The van der Waals surface area contributed by atoms with Crippen molar-refractivity contribution < 1.29 is 18.3 Å². The first kappa shape index (κ1) is 22.1. The van der Waals surface area contributed by atoms with Crippen LogP contribution in [-0.2, 0) is 16.0 Å². The molecule has 1 spiro atoms. The van der Waals surface area contributed by atoms with E-state index in [0.29, 0.717) is 25.1 Å². The molecule has 2 saturated heterocycles. The average Bonchev–Trinajstić information content (AvgIpc) is 2.60. The summed E-state index contributed by atoms with van der Waals surface area (Å²) in [5.41, 5.74) is 0.141. The van der Waals surface area contributed by atoms with Crippen LogP contribution < -0.4 is 0 Å². The van der Waals surface area contributed by atoms with Gasteiger partial charge in [0.25, 0.3) is 5.91 Å². The number of likely N-dealkylation sites (tertiary alicyclic amines) is 1. The van der Waals surface area contributed by atoms with Crippen LogP contribution in [0.15, 0.2) is 18.2 Å². The highest BCUT2D eigenvalue weighted by molar-refractivity contribution is 5.85. The van der Waals surface area contributed by atoms with Gasteiger partial charge in [0.05, 0.1) is 12.1 Å². The molecule has 152 valence electrons. The van der Waals surface area contributed by atoms with Gasteiger partial charge in [0.2, 0.25) is 0 Å². The predicted molar refractivity (Wildman–Crippen MR) is 103 cm³/mol. The zero-order valence-electron chi connectivity index (χ0n) is 16.2. The van der Waals surface area contributed by atoms with Crippen LogP contribution in [0.25, 0.3) is 0 Å². The summed E-state index contributed by atoms with van der Waals surface area (Å²) in [7, 11) is 0. The molecule has 7 heteroatoms. The third kappa shape index (κ3) is 4.98. The van der Waals surface area contributed by atoms with Gasteiger partial charge in [0.1, 0.15) is 17.7 Å². The molecule has 0 radical (unpaired) electrons. The van der Waals surface area contributed by atoms with Gasteiger partial charge in [-0.15, -0.1) is 12.4 Å². The molecular weight excluding hydrogens is 374 g/mol. The predicted octanol–water partition coefficient (Wildman–Crippen LogP) is 3.42. The van der Waals surface area contributed by atoms with Crippen LogP contribution >= 0.6 is 12.4 Å². The molecule has 1 amide bonds. The highest BCUT2D eigenvalue weighted by Crippen LogP contribution is 2.33. The summed E-state index contributed by atoms with van der Waals surface area (Å²) in [5.74, 6) is -0.688. The van der Waals surface area contributed by atoms with Gasteiger partial charge in [0.15, 0.2) is 0 Å². The lowest BCUT2D eigenvalue weighted by Crippen LogP contribution is -2.62. The molecule has 3 rings (SSSR count). The Kier molecular flexibility index (Phi) is 7.22. The highest BCUT2D eigenvalue weighted by Gasteiger charge is 2.45. The fourth-order valence-electron chi connectivity index (χ4n) is 4.00. The summed E-state index contributed by atoms with van der Waals surface area (Å²) >= 11 is 0. The maximum atomic E-state index is 13.8. The Morgan fingerprint density at radius 3 is 2.56 bits per heavy atom. The van der Waals surface area contributed by atoms with E-state index in [9.17, 15) is 13.6 Å². The third-order valence-corrected chi connectivity index (χ3v) is 5.61. The number of hydrogen-bond donors (Lipinski definition) is 0. The fourth-order valence-corrected chi connectivity index (χ4v) is 4.00. The quantitative estimate of drug-likeness (QED) is 0.773. The van der Waals surface area contributed by atoms with Crippen molar-refractivity contribution in [2.24, 2.45) is 0 Å². The maximum Gasteiger partial charge on any atom is 0.251 e. The summed E-state index contributed by atoms with van der Waals surface area (Å²) in [5, 5.41) is 0. The number of nitrogens with zero attached hydrogens (tertiary/aromatic N) is 2. The van der Waals surface area contributed by atoms with Crippen LogP contribution in [0.5, 0.6) is 0 Å². The van der Waals surface area contributed by atoms with E-state index in [1.807, 2.05) is 25.7 Å². The Labute approximate surface area is 166 Å². The molecule has 2 heterocycles. The second-order valence-electron chi connectivity index (χ2n) is 7.83. The van der Waals surface area contributed by atoms with Crippen LogP contribution in [0, 0.1) is 11.6 Å². The van der Waals surface area contributed by atoms with Gasteiger partial charge >= 0.3 is 0 Å². The minimum absolute atomic E-state index is 0. The second kappa shape index (κ2) is 8.84. The van der Waals surface area contributed by atoms with Gasteiger partial charge in [-0.05, 0) is 63.8 Å². The summed E-state index contributed by atoms with van der Waals surface area (Å²) in [6.45, 7) is 8.91. The third-order valence-electron chi connectivity index (χ3n) is 5.61. The van der Waals surface area contributed by atoms with Crippen molar-refractivity contribution in [2.45, 2.75) is 57.8 Å². The number of hydrogen-bond acceptors (Lipinski definition) is 3. The molecule has 0 N–H and O–H groups in total. The standard InChI is InChI=1S/C20H28F2N2O2.ClH/c1-14(2)24-13-20(26-15(3)19(24)25)7-10-23(11-8-20)9-6-16-12-17(21)4-5-18(16)22;/h4-5,12,14-15H,6-11,13H2,1-3H3;1H. The van der Waals surface area contributed by atoms with Gasteiger partial charge < -0.3 is 14.5 Å². The van der Waals surface area contributed by atoms with Crippen LogP contribution in [0.1, 0.15) is 39.2 Å². The Morgan fingerprint density at radius 1 is 1.26 bits per heavy atom. The Hall–Kier alpha value is -1.24. The molecule has 1 aromatic carbocycles. The number of halogens is 3. The summed E-state index contributed by atoms with van der Waals surface area (Å²) < 4.78 is 33.2. The van der Waals surface area contributed by atoms with E-state index in [-0.39, 0.29) is 35.8 Å². The number of carbonyl (C=O) groups excluding carboxylic acids is 1. The van der Waals surface area contributed by atoms with Crippen molar-refractivity contribution in [1.29, 1.82) is 0 Å². The normalized spacial score (nSPS) is 23.0. The molecule has 1 aromatic rings. The van der Waals surface area contributed by atoms with E-state index in [1.54, 1.807) is 0 Å². The largest absolute Gasteiger partial charge is 0.360 e. The van der Waals surface area contributed by atoms with Crippen molar-refractivity contribution in [3.8, 4) is 0 Å². The molecule has 0 aliphatic carbocycles. The number of amides is 1. The van der Waals surface area contributed by atoms with Crippen LogP contribution in [0.3, 0.4) is 0 Å². The first-order valence-electron chi connectivity index (χ1n) is 9.44. The van der Waals surface area contributed by atoms with Crippen LogP contribution in [-0.4, -0.2) is 59.6 Å². The topological polar surface area (TPSA) is 32.8 Å². The molecule has 0 aromatic heterocycles. The minimum Gasteiger partial charge on any atom is -0.360 e. The van der Waals surface area contributed by atoms with Crippen molar-refractivity contribution in [3.05, 3.63) is 35.4 Å². The minimum atomic E-state index is -0.404. The maximum absolute atomic E-state index is 13.8. The van der Waals surface area contributed by atoms with Crippen LogP contribution in [0.4, 0.5) is 8.78 Å². The molecule has 0 bridgehead atoms. The molecule has 27 heavy (non-hydrogen) atoms. The van der Waals surface area contributed by atoms with Crippen molar-refractivity contribution in [2.75, 3.05) is 26.2 Å². The molecule has 1 unspecified atom stereocenters. The lowest BCUT2D eigenvalue weighted by molar-refractivity contribution is -0.192. The van der Waals surface area contributed by atoms with E-state index in [1.165, 1.54) is 12.1 Å². The van der Waals surface area contributed by atoms with Gasteiger partial charge in [-0.3, -0.25) is 4.79 Å². The van der Waals surface area contributed by atoms with E-state index in [2.05, 4.69) is 4.90 Å². The average molecular weight is 403 g/mol. The Morgan fingerprint density at radius 2 is 1.93 bits per heavy atom. The summed E-state index contributed by atoms with van der Waals surface area (Å²) in [6, 6.07) is 3.77. The SMILES string of the molecule is CC1OC2(CCN(CCc3cc(F)ccc3F)CC2)CN(C(C)C)C1=O.Cl. The number of carbonyl (C=O) groups is 1. The summed E-state index contributed by atoms with van der Waals surface area (Å²) in [4.78, 5) is 16.5. The fraction of sp³-hybridized carbons (Fsp3) is 0.650. The zero-order valence-corrected chi connectivity index (χ0v) is 17.0. The monoisotopic (exact) mass is 402 g/mol. The van der Waals surface area contributed by atoms with E-state index < -0.39 is 11.9 Å². The number of rotatable bonds is 4. The molecule has 2 aliphatic heterocycles. The number of piperidine rings is 1. The van der Waals surface area contributed by atoms with E-state index in [4.69, 9.17) is 4.74 Å². The lowest BCUT2D eigenvalue weighted by Gasteiger charge is -2.50. The zero-order chi connectivity index (χ0) is 18.9. The molecule has 2 aliphatic rings. The smallest absolute Gasteiger partial charge is 0.251 e. The molecule has 2 fully saturated rings. The first-order chi connectivity index (χ1) is 12.3. The lowest BCUT2D eigenvalue weighted by atomic mass is 9.88. The van der Waals surface area contributed by atoms with Gasteiger partial charge in [-0.1, -0.05) is 0 Å². The second-order valence-corrected chi connectivity index (χ2v) is 7.83. The van der Waals surface area contributed by atoms with Crippen LogP contribution in [0.2, 0.25) is 0 Å². The van der Waals surface area contributed by atoms with Crippen molar-refractivity contribution in [1.82, 2.24) is 9.80 Å². The van der Waals surface area contributed by atoms with Crippen molar-refractivity contribution >= 4 is 18.3 Å². The molecule has 4 nitrogen and oxygen atoms in total. The van der Waals surface area contributed by atoms with Gasteiger partial charge in [-0.2, -0.15) is 0 Å². The Balaban J connectivity index is 0.00000261. The molecule has 0 saturated carbocycles. The number of benzene rings is 1.